The van der Waals surface area contributed by atoms with Gasteiger partial charge in [-0.3, -0.25) is 9.35 Å². The van der Waals surface area contributed by atoms with Crippen LogP contribution in [0.4, 0.5) is 0 Å². The second kappa shape index (κ2) is 12.5. The molecular formula is C7H14ClN2O3S-. The molecule has 0 aliphatic carbocycles. The molecule has 0 spiro atoms. The zero-order valence-corrected chi connectivity index (χ0v) is 9.01. The Morgan fingerprint density at radius 2 is 1.64 bits per heavy atom. The molecule has 1 atom stereocenters. The van der Waals surface area contributed by atoms with Crippen LogP contribution >= 0.6 is 12.4 Å². The van der Waals surface area contributed by atoms with Crippen molar-refractivity contribution in [3.8, 4) is 0 Å². The van der Waals surface area contributed by atoms with Gasteiger partial charge in [-0.15, -0.1) is 12.4 Å². The van der Waals surface area contributed by atoms with E-state index in [1.54, 1.807) is 0 Å². The molecule has 0 aliphatic heterocycles. The summed E-state index contributed by atoms with van der Waals surface area (Å²) in [5.74, 6) is 0. The predicted octanol–water partition coefficient (Wildman–Crippen LogP) is -0.518. The standard InChI is InChI=1S/C7H9N.ClH.H3NO2S.H2O/c8-6-7-4-2-1-3-5-7;;1-4(2)3;/h1-5H,6,8H2;1H;1H2,(H,2,3);1H2/p-1. The number of benzene rings is 1. The van der Waals surface area contributed by atoms with Crippen molar-refractivity contribution in [2.45, 2.75) is 6.54 Å². The van der Waals surface area contributed by atoms with E-state index in [1.807, 2.05) is 30.3 Å². The van der Waals surface area contributed by atoms with Gasteiger partial charge in [0.05, 0.1) is 0 Å². The minimum atomic E-state index is -2.36. The fraction of sp³-hybridized carbons (Fsp3) is 0.143. The Morgan fingerprint density at radius 3 is 1.86 bits per heavy atom. The van der Waals surface area contributed by atoms with Crippen molar-refractivity contribution >= 4 is 23.7 Å². The van der Waals surface area contributed by atoms with Crippen LogP contribution < -0.4 is 10.9 Å². The van der Waals surface area contributed by atoms with Gasteiger partial charge in [-0.2, -0.15) is 0 Å². The summed E-state index contributed by atoms with van der Waals surface area (Å²) in [5, 5.41) is 4.03. The molecule has 1 aromatic rings. The quantitative estimate of drug-likeness (QED) is 0.643. The zero-order valence-electron chi connectivity index (χ0n) is 7.38. The molecule has 1 rings (SSSR count). The average molecular weight is 242 g/mol. The maximum absolute atomic E-state index is 8.78. The molecule has 5 nitrogen and oxygen atoms in total. The molecule has 0 aliphatic rings. The van der Waals surface area contributed by atoms with Crippen molar-refractivity contribution in [3.05, 3.63) is 35.9 Å². The molecule has 0 aromatic heterocycles. The molecule has 1 aromatic carbocycles. The molecule has 0 saturated carbocycles. The van der Waals surface area contributed by atoms with Gasteiger partial charge in [0.1, 0.15) is 0 Å². The van der Waals surface area contributed by atoms with Crippen LogP contribution in [0.2, 0.25) is 0 Å². The van der Waals surface area contributed by atoms with E-state index in [-0.39, 0.29) is 17.9 Å². The van der Waals surface area contributed by atoms with E-state index < -0.39 is 11.3 Å². The van der Waals surface area contributed by atoms with Gasteiger partial charge in [-0.1, -0.05) is 30.3 Å². The highest BCUT2D eigenvalue weighted by molar-refractivity contribution is 7.76. The Balaban J connectivity index is -0.000000180. The lowest BCUT2D eigenvalue weighted by Crippen LogP contribution is -1.97. The van der Waals surface area contributed by atoms with Crippen molar-refractivity contribution in [2.75, 3.05) is 0 Å². The van der Waals surface area contributed by atoms with Gasteiger partial charge in [0, 0.05) is 17.8 Å². The minimum Gasteiger partial charge on any atom is -0.760 e. The molecule has 84 valence electrons. The smallest absolute Gasteiger partial charge is 0.0178 e. The summed E-state index contributed by atoms with van der Waals surface area (Å²) in [7, 11) is 0. The molecule has 0 radical (unpaired) electrons. The molecule has 0 fully saturated rings. The van der Waals surface area contributed by atoms with Crippen LogP contribution in [0.25, 0.3) is 0 Å². The zero-order chi connectivity index (χ0) is 9.40. The first-order chi connectivity index (χ1) is 5.66. The summed E-state index contributed by atoms with van der Waals surface area (Å²) >= 11 is -2.36. The van der Waals surface area contributed by atoms with Gasteiger partial charge in [0.15, 0.2) is 0 Å². The molecule has 0 amide bonds. The van der Waals surface area contributed by atoms with Gasteiger partial charge < -0.3 is 15.8 Å². The normalized spacial score (nSPS) is 9.64. The Kier molecular flexibility index (Phi) is 17.1. The summed E-state index contributed by atoms with van der Waals surface area (Å²) in [6, 6.07) is 9.99. The third kappa shape index (κ3) is 14.0. The van der Waals surface area contributed by atoms with Gasteiger partial charge in [-0.25, -0.2) is 0 Å². The lowest BCUT2D eigenvalue weighted by molar-refractivity contribution is 0.539. The highest BCUT2D eigenvalue weighted by Gasteiger charge is 1.80. The van der Waals surface area contributed by atoms with E-state index in [2.05, 4.69) is 5.14 Å². The Bertz CT molecular complexity index is 232. The van der Waals surface area contributed by atoms with E-state index in [9.17, 15) is 0 Å². The summed E-state index contributed by atoms with van der Waals surface area (Å²) in [4.78, 5) is 0. The van der Waals surface area contributed by atoms with Crippen LogP contribution in [-0.4, -0.2) is 14.2 Å². The maximum Gasteiger partial charge on any atom is 0.0178 e. The van der Waals surface area contributed by atoms with Gasteiger partial charge >= 0.3 is 0 Å². The first-order valence-electron chi connectivity index (χ1n) is 3.24. The molecule has 14 heavy (non-hydrogen) atoms. The number of nitrogens with two attached hydrogens (primary N) is 2. The first-order valence-corrected chi connectivity index (χ1v) is 4.38. The van der Waals surface area contributed by atoms with Gasteiger partial charge in [0.25, 0.3) is 0 Å². The number of hydrogen-bond acceptors (Lipinski definition) is 3. The van der Waals surface area contributed by atoms with Crippen molar-refractivity contribution in [1.29, 1.82) is 0 Å². The first kappa shape index (κ1) is 19.1. The molecule has 0 saturated heterocycles. The lowest BCUT2D eigenvalue weighted by Gasteiger charge is -1.90. The second-order valence-corrected chi connectivity index (χ2v) is 2.47. The van der Waals surface area contributed by atoms with Crippen LogP contribution in [0.1, 0.15) is 5.56 Å². The van der Waals surface area contributed by atoms with E-state index in [1.165, 1.54) is 5.56 Å². The summed E-state index contributed by atoms with van der Waals surface area (Å²) in [6.07, 6.45) is 0. The van der Waals surface area contributed by atoms with Crippen molar-refractivity contribution in [2.24, 2.45) is 10.9 Å². The highest BCUT2D eigenvalue weighted by Crippen LogP contribution is 1.94. The van der Waals surface area contributed by atoms with E-state index >= 15 is 0 Å². The average Bonchev–Trinajstić information content (AvgIpc) is 2.05. The van der Waals surface area contributed by atoms with Crippen molar-refractivity contribution < 1.29 is 14.2 Å². The number of halogens is 1. The third-order valence-electron chi connectivity index (χ3n) is 1.08. The fourth-order valence-electron chi connectivity index (χ4n) is 0.614. The van der Waals surface area contributed by atoms with Crippen LogP contribution in [0.15, 0.2) is 30.3 Å². The Morgan fingerprint density at radius 1 is 1.29 bits per heavy atom. The second-order valence-electron chi connectivity index (χ2n) is 1.95. The number of rotatable bonds is 1. The van der Waals surface area contributed by atoms with E-state index in [0.29, 0.717) is 6.54 Å². The monoisotopic (exact) mass is 241 g/mol. The van der Waals surface area contributed by atoms with Crippen LogP contribution in [0.3, 0.4) is 0 Å². The molecule has 0 heterocycles. The molecule has 1 unspecified atom stereocenters. The minimum absolute atomic E-state index is 0. The molecule has 0 bridgehead atoms. The van der Waals surface area contributed by atoms with Crippen molar-refractivity contribution in [3.63, 3.8) is 0 Å². The Hall–Kier alpha value is -0.500. The lowest BCUT2D eigenvalue weighted by atomic mass is 10.2. The Labute approximate surface area is 91.6 Å². The molecule has 7 heteroatoms. The van der Waals surface area contributed by atoms with Crippen LogP contribution in [0.5, 0.6) is 0 Å². The van der Waals surface area contributed by atoms with E-state index in [4.69, 9.17) is 14.5 Å². The predicted molar refractivity (Wildman–Crippen MR) is 58.3 cm³/mol. The number of hydrogen-bond donors (Lipinski definition) is 2. The van der Waals surface area contributed by atoms with Gasteiger partial charge in [-0.05, 0) is 5.56 Å². The van der Waals surface area contributed by atoms with Gasteiger partial charge in [0.2, 0.25) is 0 Å². The summed E-state index contributed by atoms with van der Waals surface area (Å²) in [6.45, 7) is 0.640. The molecular weight excluding hydrogens is 228 g/mol. The molecule has 6 N–H and O–H groups in total. The van der Waals surface area contributed by atoms with Crippen LogP contribution in [-0.2, 0) is 17.8 Å². The summed E-state index contributed by atoms with van der Waals surface area (Å²) in [5.41, 5.74) is 6.54. The highest BCUT2D eigenvalue weighted by atomic mass is 35.5. The van der Waals surface area contributed by atoms with Crippen LogP contribution in [0, 0.1) is 0 Å². The summed E-state index contributed by atoms with van der Waals surface area (Å²) < 4.78 is 17.6. The van der Waals surface area contributed by atoms with E-state index in [0.717, 1.165) is 0 Å². The third-order valence-corrected chi connectivity index (χ3v) is 1.08. The topological polar surface area (TPSA) is 124 Å². The largest absolute Gasteiger partial charge is 0.760 e. The SMILES string of the molecule is Cl.NCc1ccccc1.NS(=O)[O-].O. The fourth-order valence-corrected chi connectivity index (χ4v) is 0.614. The maximum atomic E-state index is 8.78. The van der Waals surface area contributed by atoms with Crippen molar-refractivity contribution in [1.82, 2.24) is 0 Å².